The second-order valence-corrected chi connectivity index (χ2v) is 8.73. The maximum atomic E-state index is 14.1. The van der Waals surface area contributed by atoms with Crippen LogP contribution in [0, 0.1) is 17.2 Å². The Morgan fingerprint density at radius 1 is 1.32 bits per heavy atom. The van der Waals surface area contributed by atoms with E-state index in [0.717, 1.165) is 0 Å². The number of benzene rings is 1. The summed E-state index contributed by atoms with van der Waals surface area (Å²) >= 11 is 0. The van der Waals surface area contributed by atoms with Crippen molar-refractivity contribution >= 4 is 18.5 Å². The number of carbonyl (C=O) groups excluding carboxylic acids is 2. The van der Waals surface area contributed by atoms with Gasteiger partial charge in [-0.2, -0.15) is 13.2 Å². The monoisotopic (exact) mass is 482 g/mol. The lowest BCUT2D eigenvalue weighted by molar-refractivity contribution is -0.199. The number of nitrogens with two attached hydrogens (primary N) is 1. The van der Waals surface area contributed by atoms with E-state index < -0.39 is 35.1 Å². The molecule has 0 heterocycles. The summed E-state index contributed by atoms with van der Waals surface area (Å²) in [6.45, 7) is 7.01. The van der Waals surface area contributed by atoms with Crippen LogP contribution in [0.3, 0.4) is 0 Å². The third-order valence-corrected chi connectivity index (χ3v) is 6.32. The van der Waals surface area contributed by atoms with Crippen molar-refractivity contribution in [2.45, 2.75) is 37.9 Å². The molecule has 186 valence electrons. The van der Waals surface area contributed by atoms with Crippen molar-refractivity contribution in [3.05, 3.63) is 59.6 Å². The van der Waals surface area contributed by atoms with Crippen molar-refractivity contribution in [3.8, 4) is 0 Å². The average Bonchev–Trinajstić information content (AvgIpc) is 3.55. The quantitative estimate of drug-likeness (QED) is 0.271. The SMILES string of the molecule is C=CC(=CN=C)C(CC(=O)NCC(Cc1ccc(C(N)=O)c(F)c1)N(C)C)C1(C(F)(F)F)CC1. The first-order valence-electron chi connectivity index (χ1n) is 10.7. The molecule has 1 aliphatic carbocycles. The number of allylic oxidation sites excluding steroid dienone is 2. The van der Waals surface area contributed by atoms with E-state index in [-0.39, 0.29) is 43.0 Å². The number of nitrogens with one attached hydrogen (secondary N) is 1. The Kier molecular flexibility index (Phi) is 8.77. The van der Waals surface area contributed by atoms with Crippen molar-refractivity contribution in [1.29, 1.82) is 0 Å². The van der Waals surface area contributed by atoms with Gasteiger partial charge in [-0.3, -0.25) is 14.6 Å². The lowest BCUT2D eigenvalue weighted by Crippen LogP contribution is -2.43. The van der Waals surface area contributed by atoms with Crippen LogP contribution in [0.15, 0.2) is 47.6 Å². The molecule has 2 unspecified atom stereocenters. The Labute approximate surface area is 196 Å². The van der Waals surface area contributed by atoms with Gasteiger partial charge in [0.05, 0.1) is 11.0 Å². The lowest BCUT2D eigenvalue weighted by atomic mass is 9.79. The van der Waals surface area contributed by atoms with Gasteiger partial charge in [0.1, 0.15) is 5.82 Å². The van der Waals surface area contributed by atoms with Gasteiger partial charge in [-0.1, -0.05) is 18.7 Å². The first kappa shape index (κ1) is 27.2. The summed E-state index contributed by atoms with van der Waals surface area (Å²) in [4.78, 5) is 29.3. The summed E-state index contributed by atoms with van der Waals surface area (Å²) in [5.41, 5.74) is 3.72. The Hall–Kier alpha value is -3.01. The summed E-state index contributed by atoms with van der Waals surface area (Å²) in [6, 6.07) is 3.80. The van der Waals surface area contributed by atoms with Crippen LogP contribution in [0.5, 0.6) is 0 Å². The topological polar surface area (TPSA) is 87.8 Å². The van der Waals surface area contributed by atoms with E-state index in [9.17, 15) is 27.2 Å². The molecule has 0 saturated heterocycles. The van der Waals surface area contributed by atoms with Gasteiger partial charge in [-0.05, 0) is 63.3 Å². The van der Waals surface area contributed by atoms with E-state index in [2.05, 4.69) is 23.6 Å². The Morgan fingerprint density at radius 2 is 1.97 bits per heavy atom. The Morgan fingerprint density at radius 3 is 2.41 bits per heavy atom. The van der Waals surface area contributed by atoms with E-state index in [0.29, 0.717) is 12.0 Å². The second kappa shape index (κ2) is 10.9. The summed E-state index contributed by atoms with van der Waals surface area (Å²) in [6.07, 6.45) is -2.15. The minimum Gasteiger partial charge on any atom is -0.366 e. The molecule has 1 aliphatic rings. The molecule has 0 radical (unpaired) electrons. The molecule has 2 rings (SSSR count). The molecular formula is C24H30F4N4O2. The number of likely N-dealkylation sites (N-methyl/N-ethyl adjacent to an activating group) is 1. The van der Waals surface area contributed by atoms with E-state index in [4.69, 9.17) is 5.73 Å². The summed E-state index contributed by atoms with van der Waals surface area (Å²) < 4.78 is 55.5. The minimum absolute atomic E-state index is 0.0655. The first-order chi connectivity index (χ1) is 15.9. The number of nitrogens with zero attached hydrogens (tertiary/aromatic N) is 2. The molecule has 0 aliphatic heterocycles. The number of primary amides is 1. The third kappa shape index (κ3) is 6.31. The van der Waals surface area contributed by atoms with Crippen LogP contribution >= 0.6 is 0 Å². The van der Waals surface area contributed by atoms with Crippen LogP contribution in [0.2, 0.25) is 0 Å². The van der Waals surface area contributed by atoms with Crippen molar-refractivity contribution in [2.75, 3.05) is 20.6 Å². The maximum Gasteiger partial charge on any atom is 0.395 e. The fourth-order valence-electron chi connectivity index (χ4n) is 4.07. The van der Waals surface area contributed by atoms with Crippen LogP contribution in [-0.4, -0.2) is 56.3 Å². The normalized spacial score (nSPS) is 17.1. The van der Waals surface area contributed by atoms with Gasteiger partial charge in [0.25, 0.3) is 5.91 Å². The molecule has 6 nitrogen and oxygen atoms in total. The number of alkyl halides is 3. The van der Waals surface area contributed by atoms with Crippen LogP contribution in [-0.2, 0) is 11.2 Å². The largest absolute Gasteiger partial charge is 0.395 e. The van der Waals surface area contributed by atoms with Gasteiger partial charge in [-0.15, -0.1) is 0 Å². The van der Waals surface area contributed by atoms with Gasteiger partial charge in [0.2, 0.25) is 5.91 Å². The summed E-state index contributed by atoms with van der Waals surface area (Å²) in [5.74, 6) is -3.28. The third-order valence-electron chi connectivity index (χ3n) is 6.32. The van der Waals surface area contributed by atoms with E-state index in [1.165, 1.54) is 24.4 Å². The highest BCUT2D eigenvalue weighted by molar-refractivity contribution is 5.93. The van der Waals surface area contributed by atoms with Crippen molar-refractivity contribution < 1.29 is 27.2 Å². The van der Waals surface area contributed by atoms with Crippen LogP contribution in [0.25, 0.3) is 0 Å². The zero-order valence-electron chi connectivity index (χ0n) is 19.3. The van der Waals surface area contributed by atoms with E-state index >= 15 is 0 Å². The average molecular weight is 483 g/mol. The first-order valence-corrected chi connectivity index (χ1v) is 10.7. The molecular weight excluding hydrogens is 452 g/mol. The minimum atomic E-state index is -4.46. The molecule has 0 aromatic heterocycles. The molecule has 10 heteroatoms. The standard InChI is InChI=1S/C24H30F4N4O2/c1-5-16(13-30-2)19(23(8-9-23)24(26,27)28)12-21(33)31-14-17(32(3)4)10-15-6-7-18(22(29)34)20(25)11-15/h5-7,11,13,17,19H,1-2,8-10,12,14H2,3-4H3,(H2,29,34)(H,31,33). The highest BCUT2D eigenvalue weighted by Crippen LogP contribution is 2.64. The number of hydrogen-bond acceptors (Lipinski definition) is 4. The highest BCUT2D eigenvalue weighted by atomic mass is 19.4. The van der Waals surface area contributed by atoms with Gasteiger partial charge in [-0.25, -0.2) is 4.39 Å². The van der Waals surface area contributed by atoms with Gasteiger partial charge < -0.3 is 16.0 Å². The number of halogens is 4. The highest BCUT2D eigenvalue weighted by Gasteiger charge is 2.67. The Balaban J connectivity index is 2.12. The Bertz CT molecular complexity index is 968. The fourth-order valence-corrected chi connectivity index (χ4v) is 4.07. The summed E-state index contributed by atoms with van der Waals surface area (Å²) in [7, 11) is 3.54. The van der Waals surface area contributed by atoms with Crippen LogP contribution in [0.1, 0.15) is 35.2 Å². The smallest absolute Gasteiger partial charge is 0.366 e. The van der Waals surface area contributed by atoms with Gasteiger partial charge in [0.15, 0.2) is 0 Å². The molecule has 34 heavy (non-hydrogen) atoms. The number of hydrogen-bond donors (Lipinski definition) is 2. The predicted molar refractivity (Wildman–Crippen MR) is 123 cm³/mol. The maximum absolute atomic E-state index is 14.1. The van der Waals surface area contributed by atoms with Crippen molar-refractivity contribution in [2.24, 2.45) is 22.1 Å². The summed E-state index contributed by atoms with van der Waals surface area (Å²) in [5, 5.41) is 2.71. The number of rotatable bonds is 12. The molecule has 1 saturated carbocycles. The fraction of sp³-hybridized carbons (Fsp3) is 0.458. The zero-order chi connectivity index (χ0) is 25.7. The number of amides is 2. The van der Waals surface area contributed by atoms with Crippen molar-refractivity contribution in [1.82, 2.24) is 10.2 Å². The zero-order valence-corrected chi connectivity index (χ0v) is 19.3. The van der Waals surface area contributed by atoms with Crippen LogP contribution in [0.4, 0.5) is 17.6 Å². The number of carbonyl (C=O) groups is 2. The van der Waals surface area contributed by atoms with E-state index in [1.807, 2.05) is 4.90 Å². The second-order valence-electron chi connectivity index (χ2n) is 8.73. The molecule has 1 aromatic carbocycles. The molecule has 1 aromatic rings. The van der Waals surface area contributed by atoms with Gasteiger partial charge >= 0.3 is 6.18 Å². The van der Waals surface area contributed by atoms with Gasteiger partial charge in [0, 0.05) is 31.1 Å². The predicted octanol–water partition coefficient (Wildman–Crippen LogP) is 3.63. The number of aliphatic imine (C=N–C) groups is 1. The van der Waals surface area contributed by atoms with Crippen molar-refractivity contribution in [3.63, 3.8) is 0 Å². The molecule has 0 bridgehead atoms. The lowest BCUT2D eigenvalue weighted by Gasteiger charge is -2.30. The van der Waals surface area contributed by atoms with E-state index in [1.54, 1.807) is 20.2 Å². The molecule has 2 amide bonds. The molecule has 3 N–H and O–H groups in total. The van der Waals surface area contributed by atoms with Crippen LogP contribution < -0.4 is 11.1 Å². The molecule has 0 spiro atoms. The molecule has 2 atom stereocenters. The molecule has 1 fully saturated rings.